The van der Waals surface area contributed by atoms with Crippen LogP contribution in [0, 0.1) is 5.92 Å². The average Bonchev–Trinajstić information content (AvgIpc) is 3.19. The predicted octanol–water partition coefficient (Wildman–Crippen LogP) is -1.38. The Labute approximate surface area is 157 Å². The molecule has 4 heterocycles. The van der Waals surface area contributed by atoms with Crippen molar-refractivity contribution >= 4 is 29.7 Å². The lowest BCUT2D eigenvalue weighted by atomic mass is 9.80. The normalized spacial score (nSPS) is 25.9. The highest BCUT2D eigenvalue weighted by atomic mass is 32.2. The van der Waals surface area contributed by atoms with Crippen molar-refractivity contribution in [3.05, 3.63) is 11.5 Å². The van der Waals surface area contributed by atoms with Crippen LogP contribution in [0.25, 0.3) is 0 Å². The van der Waals surface area contributed by atoms with Crippen LogP contribution < -0.4 is 10.6 Å². The van der Waals surface area contributed by atoms with Gasteiger partial charge in [0, 0.05) is 24.3 Å². The molecule has 2 fully saturated rings. The number of likely N-dealkylation sites (N-methyl/N-ethyl adjacent to an activating group) is 1. The number of piperidine rings is 1. The molecular formula is C14H17N7O5S. The molecule has 2 saturated heterocycles. The summed E-state index contributed by atoms with van der Waals surface area (Å²) < 4.78 is 6.32. The van der Waals surface area contributed by atoms with Crippen molar-refractivity contribution in [1.82, 2.24) is 35.7 Å². The number of nitrogens with one attached hydrogen (secondary N) is 2. The molecule has 3 aliphatic heterocycles. The van der Waals surface area contributed by atoms with E-state index < -0.39 is 6.16 Å². The molecule has 12 nitrogen and oxygen atoms in total. The van der Waals surface area contributed by atoms with Gasteiger partial charge >= 0.3 is 6.16 Å². The lowest BCUT2D eigenvalue weighted by Crippen LogP contribution is -2.71. The van der Waals surface area contributed by atoms with Gasteiger partial charge in [-0.3, -0.25) is 14.5 Å². The van der Waals surface area contributed by atoms with Crippen molar-refractivity contribution in [1.29, 1.82) is 0 Å². The fraction of sp³-hybridized carbons (Fsp3) is 0.571. The number of tetrazole rings is 1. The number of ether oxygens (including phenoxy) is 1. The minimum atomic E-state index is -1.46. The summed E-state index contributed by atoms with van der Waals surface area (Å²) >= 11 is 1.27. The third-order valence-electron chi connectivity index (χ3n) is 4.93. The second-order valence-corrected chi connectivity index (χ2v) is 7.25. The standard InChI is InChI=1S/C14H17N7O5S/c1-15-8(22)4-20-13(17-18-19-20)27-5-7-6-2-3-16-9-10(6)21(11(9)23)12(7)26-14(24)25/h6,9-10,16H,2-5H2,1H3,(H,15,22)(H,24,25)/t6?,9-,10+/m0/s1. The first-order chi connectivity index (χ1) is 13.0. The molecule has 0 aromatic carbocycles. The van der Waals surface area contributed by atoms with Crippen molar-refractivity contribution in [2.24, 2.45) is 5.92 Å². The molecule has 2 amide bonds. The highest BCUT2D eigenvalue weighted by Gasteiger charge is 2.60. The summed E-state index contributed by atoms with van der Waals surface area (Å²) in [4.78, 5) is 36.4. The Morgan fingerprint density at radius 2 is 2.30 bits per heavy atom. The summed E-state index contributed by atoms with van der Waals surface area (Å²) in [6.45, 7) is 0.653. The number of carboxylic acid groups (broad SMARTS) is 1. The van der Waals surface area contributed by atoms with Gasteiger partial charge in [-0.15, -0.1) is 5.10 Å². The zero-order valence-electron chi connectivity index (χ0n) is 14.3. The number of aromatic nitrogens is 4. The first-order valence-electron chi connectivity index (χ1n) is 8.31. The van der Waals surface area contributed by atoms with Gasteiger partial charge in [0.1, 0.15) is 12.6 Å². The Morgan fingerprint density at radius 1 is 1.48 bits per heavy atom. The molecule has 3 atom stereocenters. The Kier molecular flexibility index (Phi) is 4.47. The van der Waals surface area contributed by atoms with Crippen molar-refractivity contribution in [2.75, 3.05) is 19.3 Å². The molecule has 27 heavy (non-hydrogen) atoms. The maximum atomic E-state index is 12.3. The van der Waals surface area contributed by atoms with Gasteiger partial charge in [0.2, 0.25) is 22.9 Å². The van der Waals surface area contributed by atoms with Crippen LogP contribution in [0.15, 0.2) is 16.6 Å². The van der Waals surface area contributed by atoms with Crippen molar-refractivity contribution < 1.29 is 24.2 Å². The maximum absolute atomic E-state index is 12.3. The topological polar surface area (TPSA) is 152 Å². The Morgan fingerprint density at radius 3 is 3.04 bits per heavy atom. The number of carbonyl (C=O) groups excluding carboxylic acids is 2. The second kappa shape index (κ2) is 6.81. The van der Waals surface area contributed by atoms with E-state index in [1.165, 1.54) is 28.4 Å². The smallest absolute Gasteiger partial charge is 0.449 e. The van der Waals surface area contributed by atoms with E-state index in [0.29, 0.717) is 17.5 Å². The molecule has 1 unspecified atom stereocenters. The molecule has 4 rings (SSSR count). The molecule has 0 aliphatic carbocycles. The third kappa shape index (κ3) is 2.92. The van der Waals surface area contributed by atoms with Gasteiger partial charge in [0.25, 0.3) is 0 Å². The number of carbonyl (C=O) groups is 3. The van der Waals surface area contributed by atoms with Crippen LogP contribution in [0.1, 0.15) is 6.42 Å². The molecular weight excluding hydrogens is 378 g/mol. The van der Waals surface area contributed by atoms with Gasteiger partial charge < -0.3 is 20.5 Å². The molecule has 0 saturated carbocycles. The van der Waals surface area contributed by atoms with E-state index in [1.54, 1.807) is 0 Å². The Hall–Kier alpha value is -2.67. The van der Waals surface area contributed by atoms with Gasteiger partial charge in [-0.05, 0) is 23.4 Å². The summed E-state index contributed by atoms with van der Waals surface area (Å²) in [5, 5.41) is 26.4. The van der Waals surface area contributed by atoms with E-state index in [1.807, 2.05) is 0 Å². The minimum absolute atomic E-state index is 0.0218. The molecule has 3 N–H and O–H groups in total. The zero-order valence-corrected chi connectivity index (χ0v) is 15.1. The van der Waals surface area contributed by atoms with Gasteiger partial charge in [-0.1, -0.05) is 11.8 Å². The van der Waals surface area contributed by atoms with E-state index in [-0.39, 0.29) is 42.2 Å². The molecule has 0 spiro atoms. The molecule has 1 aromatic rings. The molecule has 0 bridgehead atoms. The Bertz CT molecular complexity index is 840. The maximum Gasteiger partial charge on any atom is 0.512 e. The first kappa shape index (κ1) is 17.7. The van der Waals surface area contributed by atoms with E-state index in [2.05, 4.69) is 26.2 Å². The summed E-state index contributed by atoms with van der Waals surface area (Å²) in [6, 6.07) is -0.407. The highest BCUT2D eigenvalue weighted by molar-refractivity contribution is 7.99. The molecule has 144 valence electrons. The molecule has 0 radical (unpaired) electrons. The summed E-state index contributed by atoms with van der Waals surface area (Å²) in [7, 11) is 1.52. The summed E-state index contributed by atoms with van der Waals surface area (Å²) in [5.41, 5.74) is 0.749. The molecule has 1 aromatic heterocycles. The largest absolute Gasteiger partial charge is 0.512 e. The number of β-lactam (4-membered cyclic amide) rings is 1. The minimum Gasteiger partial charge on any atom is -0.449 e. The lowest BCUT2D eigenvalue weighted by Gasteiger charge is -2.48. The van der Waals surface area contributed by atoms with E-state index in [0.717, 1.165) is 12.0 Å². The Balaban J connectivity index is 1.56. The van der Waals surface area contributed by atoms with Crippen LogP contribution in [0.3, 0.4) is 0 Å². The number of amides is 2. The first-order valence-corrected chi connectivity index (χ1v) is 9.29. The predicted molar refractivity (Wildman–Crippen MR) is 89.3 cm³/mol. The number of hydrogen-bond donors (Lipinski definition) is 3. The van der Waals surface area contributed by atoms with Gasteiger partial charge in [-0.2, -0.15) is 0 Å². The van der Waals surface area contributed by atoms with Crippen LogP contribution in [0.4, 0.5) is 4.79 Å². The van der Waals surface area contributed by atoms with Gasteiger partial charge in [0.15, 0.2) is 0 Å². The SMILES string of the molecule is CNC(=O)Cn1nnnc1SCC1=C(OC(=O)O)N2C(=O)[C@H]3NCCC1[C@H]32. The lowest BCUT2D eigenvalue weighted by molar-refractivity contribution is -0.152. The van der Waals surface area contributed by atoms with Crippen LogP contribution in [-0.4, -0.2) is 79.6 Å². The summed E-state index contributed by atoms with van der Waals surface area (Å²) in [6.07, 6.45) is -0.684. The highest BCUT2D eigenvalue weighted by Crippen LogP contribution is 2.47. The quantitative estimate of drug-likeness (QED) is 0.298. The molecule has 13 heteroatoms. The van der Waals surface area contributed by atoms with Crippen LogP contribution >= 0.6 is 11.8 Å². The van der Waals surface area contributed by atoms with Crippen molar-refractivity contribution in [2.45, 2.75) is 30.2 Å². The number of nitrogens with zero attached hydrogens (tertiary/aromatic N) is 5. The van der Waals surface area contributed by atoms with Crippen LogP contribution in [0.5, 0.6) is 0 Å². The fourth-order valence-electron chi connectivity index (χ4n) is 3.75. The average molecular weight is 395 g/mol. The fourth-order valence-corrected chi connectivity index (χ4v) is 4.71. The van der Waals surface area contributed by atoms with Crippen LogP contribution in [-0.2, 0) is 20.9 Å². The van der Waals surface area contributed by atoms with Crippen molar-refractivity contribution in [3.8, 4) is 0 Å². The molecule has 3 aliphatic rings. The van der Waals surface area contributed by atoms with E-state index in [4.69, 9.17) is 9.84 Å². The van der Waals surface area contributed by atoms with Gasteiger partial charge in [-0.25, -0.2) is 9.48 Å². The van der Waals surface area contributed by atoms with Crippen molar-refractivity contribution in [3.63, 3.8) is 0 Å². The van der Waals surface area contributed by atoms with Crippen LogP contribution in [0.2, 0.25) is 0 Å². The third-order valence-corrected chi connectivity index (χ3v) is 5.93. The number of rotatable bonds is 6. The number of thioether (sulfide) groups is 1. The summed E-state index contributed by atoms with van der Waals surface area (Å²) in [5.74, 6) is 0.0637. The second-order valence-electron chi connectivity index (χ2n) is 6.31. The van der Waals surface area contributed by atoms with Gasteiger partial charge in [0.05, 0.1) is 6.04 Å². The monoisotopic (exact) mass is 395 g/mol. The number of hydrogen-bond acceptors (Lipinski definition) is 9. The van der Waals surface area contributed by atoms with E-state index >= 15 is 0 Å². The zero-order chi connectivity index (χ0) is 19.1. The van der Waals surface area contributed by atoms with E-state index in [9.17, 15) is 14.4 Å².